The molecular weight excluding hydrogens is 418 g/mol. The van der Waals surface area contributed by atoms with E-state index in [4.69, 9.17) is 4.74 Å². The van der Waals surface area contributed by atoms with Gasteiger partial charge in [-0.05, 0) is 35.7 Å². The van der Waals surface area contributed by atoms with Gasteiger partial charge in [-0.3, -0.25) is 4.90 Å². The van der Waals surface area contributed by atoms with Crippen LogP contribution in [-0.4, -0.2) is 42.8 Å². The Morgan fingerprint density at radius 3 is 2.67 bits per heavy atom. The molecule has 0 N–H and O–H groups in total. The normalized spacial score (nSPS) is 23.1. The van der Waals surface area contributed by atoms with Gasteiger partial charge in [-0.15, -0.1) is 11.3 Å². The average Bonchev–Trinajstić information content (AvgIpc) is 3.46. The van der Waals surface area contributed by atoms with Crippen LogP contribution in [0.3, 0.4) is 0 Å². The summed E-state index contributed by atoms with van der Waals surface area (Å²) in [7, 11) is -1.95. The minimum Gasteiger partial charge on any atom is -0.497 e. The maximum atomic E-state index is 13.6. The average molecular weight is 442 g/mol. The molecule has 6 nitrogen and oxygen atoms in total. The second kappa shape index (κ2) is 7.46. The number of fused-ring (bicyclic) bond motifs is 2. The van der Waals surface area contributed by atoms with E-state index in [2.05, 4.69) is 9.88 Å². The zero-order valence-corrected chi connectivity index (χ0v) is 18.3. The summed E-state index contributed by atoms with van der Waals surface area (Å²) in [4.78, 5) is 7.16. The van der Waals surface area contributed by atoms with Crippen molar-refractivity contribution in [3.63, 3.8) is 0 Å². The summed E-state index contributed by atoms with van der Waals surface area (Å²) in [6.45, 7) is 2.59. The van der Waals surface area contributed by atoms with Crippen LogP contribution in [0.4, 0.5) is 0 Å². The summed E-state index contributed by atoms with van der Waals surface area (Å²) in [5, 5.41) is 3.04. The van der Waals surface area contributed by atoms with Crippen molar-refractivity contribution in [3.8, 4) is 5.75 Å². The topological polar surface area (TPSA) is 62.7 Å². The minimum atomic E-state index is -3.58. The van der Waals surface area contributed by atoms with Gasteiger partial charge in [0.15, 0.2) is 0 Å². The zero-order valence-electron chi connectivity index (χ0n) is 16.7. The maximum Gasteiger partial charge on any atom is 0.244 e. The number of hydrogen-bond acceptors (Lipinski definition) is 6. The third-order valence-corrected chi connectivity index (χ3v) is 8.82. The molecular formula is C22H23N3O3S2. The fourth-order valence-electron chi connectivity index (χ4n) is 4.64. The van der Waals surface area contributed by atoms with E-state index in [9.17, 15) is 8.42 Å². The molecule has 1 aromatic heterocycles. The number of sulfonamides is 1. The van der Waals surface area contributed by atoms with Gasteiger partial charge < -0.3 is 4.74 Å². The Morgan fingerprint density at radius 1 is 1.13 bits per heavy atom. The molecule has 0 bridgehead atoms. The number of benzene rings is 2. The van der Waals surface area contributed by atoms with Gasteiger partial charge in [0, 0.05) is 31.2 Å². The van der Waals surface area contributed by atoms with Gasteiger partial charge in [0.05, 0.1) is 24.1 Å². The summed E-state index contributed by atoms with van der Waals surface area (Å²) < 4.78 is 34.1. The van der Waals surface area contributed by atoms with E-state index < -0.39 is 15.6 Å². The van der Waals surface area contributed by atoms with Crippen molar-refractivity contribution in [2.75, 3.05) is 20.2 Å². The van der Waals surface area contributed by atoms with E-state index >= 15 is 0 Å². The fourth-order valence-corrected chi connectivity index (χ4v) is 7.35. The zero-order chi connectivity index (χ0) is 20.8. The Morgan fingerprint density at radius 2 is 1.93 bits per heavy atom. The molecule has 1 atom stereocenters. The van der Waals surface area contributed by atoms with E-state index in [1.54, 1.807) is 28.8 Å². The number of likely N-dealkylation sites (tertiary alicyclic amines) is 1. The molecule has 2 aliphatic rings. The molecule has 2 aliphatic heterocycles. The second-order valence-corrected chi connectivity index (χ2v) is 10.6. The number of thiazole rings is 1. The van der Waals surface area contributed by atoms with Gasteiger partial charge in [0.2, 0.25) is 10.0 Å². The molecule has 1 saturated heterocycles. The van der Waals surface area contributed by atoms with Gasteiger partial charge in [0.1, 0.15) is 10.8 Å². The van der Waals surface area contributed by atoms with E-state index in [1.165, 1.54) is 0 Å². The first-order valence-corrected chi connectivity index (χ1v) is 12.2. The molecule has 1 spiro atoms. The van der Waals surface area contributed by atoms with Crippen LogP contribution in [0.5, 0.6) is 5.75 Å². The molecule has 0 aliphatic carbocycles. The smallest absolute Gasteiger partial charge is 0.244 e. The fraction of sp³-hybridized carbons (Fsp3) is 0.318. The van der Waals surface area contributed by atoms with Crippen molar-refractivity contribution in [1.82, 2.24) is 14.2 Å². The predicted molar refractivity (Wildman–Crippen MR) is 116 cm³/mol. The Bertz CT molecular complexity index is 1150. The van der Waals surface area contributed by atoms with Crippen molar-refractivity contribution in [1.29, 1.82) is 0 Å². The minimum absolute atomic E-state index is 0.339. The Hall–Kier alpha value is -2.26. The van der Waals surface area contributed by atoms with Crippen LogP contribution < -0.4 is 4.74 Å². The number of aromatic nitrogens is 1. The molecule has 0 unspecified atom stereocenters. The first-order valence-electron chi connectivity index (χ1n) is 9.89. The standard InChI is InChI=1S/C22H23N3O3S2/c1-28-18-8-6-17(7-9-18)14-25-22(19-4-2-3-5-20(19)30(25,26)27)10-12-24(16-22)15-21-23-11-13-29-21/h2-9,11,13H,10,12,14-16H2,1H3/t22-/m1/s1. The van der Waals surface area contributed by atoms with E-state index in [1.807, 2.05) is 54.0 Å². The van der Waals surface area contributed by atoms with Crippen LogP contribution in [-0.2, 0) is 28.7 Å². The Balaban J connectivity index is 1.52. The van der Waals surface area contributed by atoms with Crippen LogP contribution >= 0.6 is 11.3 Å². The summed E-state index contributed by atoms with van der Waals surface area (Å²) >= 11 is 1.64. The first-order chi connectivity index (χ1) is 14.5. The lowest BCUT2D eigenvalue weighted by Gasteiger charge is -2.34. The van der Waals surface area contributed by atoms with Crippen molar-refractivity contribution in [3.05, 3.63) is 76.2 Å². The summed E-state index contributed by atoms with van der Waals surface area (Å²) in [5.41, 5.74) is 1.32. The number of ether oxygens (including phenoxy) is 1. The Labute approximate surface area is 180 Å². The van der Waals surface area contributed by atoms with Crippen molar-refractivity contribution >= 4 is 21.4 Å². The third-order valence-electron chi connectivity index (χ3n) is 6.09. The monoisotopic (exact) mass is 441 g/mol. The number of methoxy groups -OCH3 is 1. The number of nitrogens with zero attached hydrogens (tertiary/aromatic N) is 3. The lowest BCUT2D eigenvalue weighted by Crippen LogP contribution is -2.45. The molecule has 30 heavy (non-hydrogen) atoms. The van der Waals surface area contributed by atoms with E-state index in [0.29, 0.717) is 18.0 Å². The molecule has 8 heteroatoms. The molecule has 1 fully saturated rings. The molecule has 0 amide bonds. The largest absolute Gasteiger partial charge is 0.497 e. The van der Waals surface area contributed by atoms with Crippen molar-refractivity contribution in [2.45, 2.75) is 29.9 Å². The molecule has 156 valence electrons. The summed E-state index contributed by atoms with van der Waals surface area (Å²) in [6.07, 6.45) is 2.59. The van der Waals surface area contributed by atoms with Gasteiger partial charge in [-0.1, -0.05) is 30.3 Å². The lowest BCUT2D eigenvalue weighted by molar-refractivity contribution is 0.184. The molecule has 3 heterocycles. The number of hydrogen-bond donors (Lipinski definition) is 0. The molecule has 0 saturated carbocycles. The highest BCUT2D eigenvalue weighted by Gasteiger charge is 2.56. The SMILES string of the molecule is COc1ccc(CN2[C@@]3(CCN(Cc4nccs4)C3)c3ccccc3S2(=O)=O)cc1. The van der Waals surface area contributed by atoms with Crippen LogP contribution in [0.15, 0.2) is 65.0 Å². The van der Waals surface area contributed by atoms with Crippen molar-refractivity contribution < 1.29 is 13.2 Å². The van der Waals surface area contributed by atoms with E-state index in [-0.39, 0.29) is 0 Å². The predicted octanol–water partition coefficient (Wildman–Crippen LogP) is 3.46. The highest BCUT2D eigenvalue weighted by atomic mass is 32.2. The van der Waals surface area contributed by atoms with Crippen LogP contribution in [0.1, 0.15) is 22.6 Å². The van der Waals surface area contributed by atoms with Gasteiger partial charge >= 0.3 is 0 Å². The lowest BCUT2D eigenvalue weighted by atomic mass is 9.88. The molecule has 3 aromatic rings. The number of rotatable bonds is 5. The highest BCUT2D eigenvalue weighted by molar-refractivity contribution is 7.89. The third kappa shape index (κ3) is 3.15. The van der Waals surface area contributed by atoms with Crippen LogP contribution in [0.2, 0.25) is 0 Å². The summed E-state index contributed by atoms with van der Waals surface area (Å²) in [6, 6.07) is 15.1. The highest BCUT2D eigenvalue weighted by Crippen LogP contribution is 2.50. The summed E-state index contributed by atoms with van der Waals surface area (Å²) in [5.74, 6) is 0.761. The molecule has 0 radical (unpaired) electrons. The molecule has 5 rings (SSSR count). The Kier molecular flexibility index (Phi) is 4.89. The molecule has 2 aromatic carbocycles. The maximum absolute atomic E-state index is 13.6. The van der Waals surface area contributed by atoms with Crippen LogP contribution in [0, 0.1) is 0 Å². The quantitative estimate of drug-likeness (QED) is 0.607. The van der Waals surface area contributed by atoms with Crippen LogP contribution in [0.25, 0.3) is 0 Å². The van der Waals surface area contributed by atoms with Gasteiger partial charge in [-0.2, -0.15) is 4.31 Å². The van der Waals surface area contributed by atoms with Crippen molar-refractivity contribution in [2.24, 2.45) is 0 Å². The second-order valence-electron chi connectivity index (χ2n) is 7.77. The van der Waals surface area contributed by atoms with E-state index in [0.717, 1.165) is 41.4 Å². The van der Waals surface area contributed by atoms with Gasteiger partial charge in [0.25, 0.3) is 0 Å². The van der Waals surface area contributed by atoms with Gasteiger partial charge in [-0.25, -0.2) is 13.4 Å². The first kappa shape index (κ1) is 19.7.